The molecule has 2 heterocycles. The lowest BCUT2D eigenvalue weighted by Crippen LogP contribution is -2.56. The Morgan fingerprint density at radius 3 is 2.87 bits per heavy atom. The highest BCUT2D eigenvalue weighted by molar-refractivity contribution is 5.77. The van der Waals surface area contributed by atoms with Gasteiger partial charge in [-0.1, -0.05) is 18.6 Å². The van der Waals surface area contributed by atoms with E-state index in [0.717, 1.165) is 25.3 Å². The van der Waals surface area contributed by atoms with Gasteiger partial charge in [-0.2, -0.15) is 0 Å². The molecule has 126 valence electrons. The molecule has 0 spiro atoms. The molecular formula is C19H28N2O2. The zero-order valence-corrected chi connectivity index (χ0v) is 14.3. The van der Waals surface area contributed by atoms with Crippen LogP contribution in [0.4, 0.5) is 0 Å². The molecule has 1 aromatic carbocycles. The SMILES string of the molecule is Cc1cccc(OC2CN(C(=O)CC[C@H]3CCCCN3C)C2)c1. The van der Waals surface area contributed by atoms with Crippen LogP contribution in [-0.2, 0) is 4.79 Å². The van der Waals surface area contributed by atoms with Crippen molar-refractivity contribution < 1.29 is 9.53 Å². The van der Waals surface area contributed by atoms with E-state index in [4.69, 9.17) is 4.74 Å². The van der Waals surface area contributed by atoms with Crippen LogP contribution in [0.1, 0.15) is 37.7 Å². The fourth-order valence-electron chi connectivity index (χ4n) is 3.55. The lowest BCUT2D eigenvalue weighted by molar-refractivity contribution is -0.140. The molecule has 0 saturated carbocycles. The first kappa shape index (κ1) is 16.3. The van der Waals surface area contributed by atoms with Crippen LogP contribution in [0.2, 0.25) is 0 Å². The number of likely N-dealkylation sites (tertiary alicyclic amines) is 2. The zero-order chi connectivity index (χ0) is 16.2. The third kappa shape index (κ3) is 4.25. The first-order valence-corrected chi connectivity index (χ1v) is 8.83. The van der Waals surface area contributed by atoms with Crippen LogP contribution in [-0.4, -0.2) is 54.5 Å². The zero-order valence-electron chi connectivity index (χ0n) is 14.3. The highest BCUT2D eigenvalue weighted by atomic mass is 16.5. The van der Waals surface area contributed by atoms with Crippen molar-refractivity contribution in [3.8, 4) is 5.75 Å². The number of nitrogens with zero attached hydrogens (tertiary/aromatic N) is 2. The van der Waals surface area contributed by atoms with Crippen molar-refractivity contribution in [2.45, 2.75) is 51.2 Å². The van der Waals surface area contributed by atoms with E-state index in [0.29, 0.717) is 12.5 Å². The van der Waals surface area contributed by atoms with E-state index in [9.17, 15) is 4.79 Å². The number of hydrogen-bond acceptors (Lipinski definition) is 3. The van der Waals surface area contributed by atoms with E-state index in [1.165, 1.54) is 31.4 Å². The summed E-state index contributed by atoms with van der Waals surface area (Å²) in [5.41, 5.74) is 1.20. The van der Waals surface area contributed by atoms with Gasteiger partial charge in [-0.15, -0.1) is 0 Å². The Bertz CT molecular complexity index is 540. The number of amides is 1. The molecule has 2 aliphatic rings. The molecule has 4 nitrogen and oxygen atoms in total. The topological polar surface area (TPSA) is 32.8 Å². The van der Waals surface area contributed by atoms with Gasteiger partial charge in [0.1, 0.15) is 11.9 Å². The van der Waals surface area contributed by atoms with Gasteiger partial charge in [-0.3, -0.25) is 4.79 Å². The smallest absolute Gasteiger partial charge is 0.222 e. The minimum absolute atomic E-state index is 0.151. The van der Waals surface area contributed by atoms with Crippen LogP contribution in [0.25, 0.3) is 0 Å². The molecule has 0 unspecified atom stereocenters. The lowest BCUT2D eigenvalue weighted by Gasteiger charge is -2.39. The van der Waals surface area contributed by atoms with Gasteiger partial charge in [-0.25, -0.2) is 0 Å². The molecular weight excluding hydrogens is 288 g/mol. The monoisotopic (exact) mass is 316 g/mol. The predicted molar refractivity (Wildman–Crippen MR) is 91.7 cm³/mol. The van der Waals surface area contributed by atoms with Gasteiger partial charge in [0.2, 0.25) is 5.91 Å². The quantitative estimate of drug-likeness (QED) is 0.837. The fourth-order valence-corrected chi connectivity index (χ4v) is 3.55. The molecule has 2 aliphatic heterocycles. The number of ether oxygens (including phenoxy) is 1. The van der Waals surface area contributed by atoms with E-state index in [2.05, 4.69) is 24.9 Å². The Labute approximate surface area is 139 Å². The average molecular weight is 316 g/mol. The summed E-state index contributed by atoms with van der Waals surface area (Å²) in [6, 6.07) is 8.69. The normalized spacial score (nSPS) is 22.7. The number of carbonyl (C=O) groups excluding carboxylic acids is 1. The van der Waals surface area contributed by atoms with Crippen molar-refractivity contribution in [1.29, 1.82) is 0 Å². The van der Waals surface area contributed by atoms with Crippen molar-refractivity contribution in [1.82, 2.24) is 9.80 Å². The van der Waals surface area contributed by atoms with Crippen molar-refractivity contribution in [3.05, 3.63) is 29.8 Å². The molecule has 4 heteroatoms. The maximum Gasteiger partial charge on any atom is 0.222 e. The molecule has 23 heavy (non-hydrogen) atoms. The number of rotatable bonds is 5. The summed E-state index contributed by atoms with van der Waals surface area (Å²) < 4.78 is 5.92. The molecule has 2 saturated heterocycles. The van der Waals surface area contributed by atoms with Crippen molar-refractivity contribution in [3.63, 3.8) is 0 Å². The van der Waals surface area contributed by atoms with Gasteiger partial charge in [0, 0.05) is 12.5 Å². The average Bonchev–Trinajstić information content (AvgIpc) is 2.49. The van der Waals surface area contributed by atoms with Gasteiger partial charge in [0.15, 0.2) is 0 Å². The summed E-state index contributed by atoms with van der Waals surface area (Å²) in [6.07, 6.45) is 5.66. The summed E-state index contributed by atoms with van der Waals surface area (Å²) in [4.78, 5) is 16.6. The molecule has 1 aromatic rings. The summed E-state index contributed by atoms with van der Waals surface area (Å²) >= 11 is 0. The van der Waals surface area contributed by atoms with E-state index in [1.807, 2.05) is 23.1 Å². The second-order valence-electron chi connectivity index (χ2n) is 7.02. The first-order chi connectivity index (χ1) is 11.1. The third-order valence-electron chi connectivity index (χ3n) is 5.11. The van der Waals surface area contributed by atoms with Gasteiger partial charge in [0.25, 0.3) is 0 Å². The summed E-state index contributed by atoms with van der Waals surface area (Å²) in [7, 11) is 2.18. The van der Waals surface area contributed by atoms with Gasteiger partial charge >= 0.3 is 0 Å². The van der Waals surface area contributed by atoms with Crippen LogP contribution in [0.15, 0.2) is 24.3 Å². The van der Waals surface area contributed by atoms with Crippen molar-refractivity contribution >= 4 is 5.91 Å². The van der Waals surface area contributed by atoms with E-state index < -0.39 is 0 Å². The van der Waals surface area contributed by atoms with Crippen LogP contribution >= 0.6 is 0 Å². The number of carbonyl (C=O) groups is 1. The molecule has 1 atom stereocenters. The fraction of sp³-hybridized carbons (Fsp3) is 0.632. The van der Waals surface area contributed by atoms with E-state index in [1.54, 1.807) is 0 Å². The third-order valence-corrected chi connectivity index (χ3v) is 5.11. The maximum absolute atomic E-state index is 12.3. The molecule has 0 radical (unpaired) electrons. The Morgan fingerprint density at radius 2 is 2.13 bits per heavy atom. The second-order valence-corrected chi connectivity index (χ2v) is 7.02. The molecule has 3 rings (SSSR count). The Hall–Kier alpha value is -1.55. The van der Waals surface area contributed by atoms with E-state index >= 15 is 0 Å². The minimum atomic E-state index is 0.151. The molecule has 2 fully saturated rings. The molecule has 0 N–H and O–H groups in total. The van der Waals surface area contributed by atoms with Crippen LogP contribution < -0.4 is 4.74 Å². The molecule has 0 aliphatic carbocycles. The number of aryl methyl sites for hydroxylation is 1. The van der Waals surface area contributed by atoms with Crippen LogP contribution in [0, 0.1) is 6.92 Å². The number of hydrogen-bond donors (Lipinski definition) is 0. The number of piperidine rings is 1. The highest BCUT2D eigenvalue weighted by Gasteiger charge is 2.32. The van der Waals surface area contributed by atoms with Gasteiger partial charge in [0.05, 0.1) is 13.1 Å². The Balaban J connectivity index is 1.38. The molecule has 1 amide bonds. The first-order valence-electron chi connectivity index (χ1n) is 8.83. The lowest BCUT2D eigenvalue weighted by atomic mass is 9.98. The van der Waals surface area contributed by atoms with Crippen molar-refractivity contribution in [2.24, 2.45) is 0 Å². The Kier molecular flexibility index (Phi) is 5.21. The molecule has 0 aromatic heterocycles. The Morgan fingerprint density at radius 1 is 1.30 bits per heavy atom. The van der Waals surface area contributed by atoms with Crippen LogP contribution in [0.3, 0.4) is 0 Å². The largest absolute Gasteiger partial charge is 0.487 e. The predicted octanol–water partition coefficient (Wildman–Crippen LogP) is 2.85. The molecule has 0 bridgehead atoms. The van der Waals surface area contributed by atoms with Gasteiger partial charge in [-0.05, 0) is 57.5 Å². The summed E-state index contributed by atoms with van der Waals surface area (Å²) in [5, 5.41) is 0. The standard InChI is InChI=1S/C19H28N2O2/c1-15-6-5-8-17(12-15)23-18-13-21(14-18)19(22)10-9-16-7-3-4-11-20(16)2/h5-6,8,12,16,18H,3-4,7,9-11,13-14H2,1-2H3/t16-/m1/s1. The minimum Gasteiger partial charge on any atom is -0.487 e. The highest BCUT2D eigenvalue weighted by Crippen LogP contribution is 2.22. The maximum atomic E-state index is 12.3. The van der Waals surface area contributed by atoms with Crippen molar-refractivity contribution in [2.75, 3.05) is 26.7 Å². The van der Waals surface area contributed by atoms with E-state index in [-0.39, 0.29) is 12.0 Å². The van der Waals surface area contributed by atoms with Gasteiger partial charge < -0.3 is 14.5 Å². The second kappa shape index (κ2) is 7.35. The van der Waals surface area contributed by atoms with Crippen LogP contribution in [0.5, 0.6) is 5.75 Å². The summed E-state index contributed by atoms with van der Waals surface area (Å²) in [5.74, 6) is 1.19. The summed E-state index contributed by atoms with van der Waals surface area (Å²) in [6.45, 7) is 4.70. The number of benzene rings is 1.